The number of carbonyl (C=O) groups is 1. The highest BCUT2D eigenvalue weighted by Gasteiger charge is 2.21. The molecule has 1 aromatic heterocycles. The van der Waals surface area contributed by atoms with Crippen LogP contribution in [0.15, 0.2) is 42.7 Å². The predicted molar refractivity (Wildman–Crippen MR) is 83.5 cm³/mol. The Morgan fingerprint density at radius 3 is 2.70 bits per heavy atom. The van der Waals surface area contributed by atoms with E-state index in [1.54, 1.807) is 17.1 Å². The first-order valence-electron chi connectivity index (χ1n) is 6.50. The van der Waals surface area contributed by atoms with Gasteiger partial charge in [0, 0.05) is 17.1 Å². The van der Waals surface area contributed by atoms with E-state index >= 15 is 0 Å². The van der Waals surface area contributed by atoms with E-state index in [2.05, 4.69) is 26.3 Å². The van der Waals surface area contributed by atoms with Crippen LogP contribution in [-0.2, 0) is 0 Å². The fraction of sp³-hybridized carbons (Fsp3) is 0.333. The van der Waals surface area contributed by atoms with Gasteiger partial charge in [-0.1, -0.05) is 34.1 Å². The topological polar surface area (TPSA) is 46.9 Å². The van der Waals surface area contributed by atoms with Gasteiger partial charge in [0.1, 0.15) is 0 Å². The number of carbonyl (C=O) groups excluding carboxylic acids is 1. The maximum atomic E-state index is 12.2. The lowest BCUT2D eigenvalue weighted by atomic mass is 10.0. The molecule has 0 saturated heterocycles. The van der Waals surface area contributed by atoms with Gasteiger partial charge in [0.15, 0.2) is 0 Å². The van der Waals surface area contributed by atoms with Crippen molar-refractivity contribution in [3.05, 3.63) is 48.3 Å². The molecule has 2 aromatic rings. The molecule has 0 fully saturated rings. The molecule has 0 atom stereocenters. The second kappa shape index (κ2) is 6.22. The summed E-state index contributed by atoms with van der Waals surface area (Å²) in [5.41, 5.74) is 1.26. The summed E-state index contributed by atoms with van der Waals surface area (Å²) in [6, 6.07) is 9.72. The van der Waals surface area contributed by atoms with Gasteiger partial charge in [0.2, 0.25) is 0 Å². The Morgan fingerprint density at radius 1 is 1.35 bits per heavy atom. The zero-order valence-electron chi connectivity index (χ0n) is 11.6. The summed E-state index contributed by atoms with van der Waals surface area (Å²) >= 11 is 3.40. The van der Waals surface area contributed by atoms with Gasteiger partial charge in [-0.25, -0.2) is 4.68 Å². The van der Waals surface area contributed by atoms with E-state index in [4.69, 9.17) is 0 Å². The molecule has 0 aliphatic heterocycles. The van der Waals surface area contributed by atoms with Crippen LogP contribution in [-0.4, -0.2) is 26.6 Å². The largest absolute Gasteiger partial charge is 0.347 e. The SMILES string of the molecule is CC(C)(CCBr)NC(=O)c1cnn(-c2ccccc2)c1. The van der Waals surface area contributed by atoms with Crippen LogP contribution in [0.4, 0.5) is 0 Å². The molecule has 106 valence electrons. The lowest BCUT2D eigenvalue weighted by Crippen LogP contribution is -2.43. The summed E-state index contributed by atoms with van der Waals surface area (Å²) < 4.78 is 1.70. The first-order chi connectivity index (χ1) is 9.52. The molecular weight excluding hydrogens is 318 g/mol. The zero-order valence-corrected chi connectivity index (χ0v) is 13.2. The molecule has 0 saturated carbocycles. The quantitative estimate of drug-likeness (QED) is 0.853. The molecule has 5 heteroatoms. The van der Waals surface area contributed by atoms with Crippen LogP contribution in [0.3, 0.4) is 0 Å². The van der Waals surface area contributed by atoms with Crippen LogP contribution in [0.2, 0.25) is 0 Å². The number of halogens is 1. The number of aromatic nitrogens is 2. The normalized spacial score (nSPS) is 11.3. The molecule has 2 rings (SSSR count). The van der Waals surface area contributed by atoms with Gasteiger partial charge in [0.05, 0.1) is 17.4 Å². The van der Waals surface area contributed by atoms with E-state index in [0.717, 1.165) is 17.4 Å². The van der Waals surface area contributed by atoms with Crippen molar-refractivity contribution in [1.82, 2.24) is 15.1 Å². The van der Waals surface area contributed by atoms with Crippen molar-refractivity contribution >= 4 is 21.8 Å². The van der Waals surface area contributed by atoms with Gasteiger partial charge < -0.3 is 5.32 Å². The summed E-state index contributed by atoms with van der Waals surface area (Å²) in [7, 11) is 0. The Balaban J connectivity index is 2.11. The van der Waals surface area contributed by atoms with Crippen molar-refractivity contribution in [2.45, 2.75) is 25.8 Å². The zero-order chi connectivity index (χ0) is 14.6. The Bertz CT molecular complexity index is 578. The van der Waals surface area contributed by atoms with E-state index < -0.39 is 0 Å². The Morgan fingerprint density at radius 2 is 2.05 bits per heavy atom. The lowest BCUT2D eigenvalue weighted by Gasteiger charge is -2.24. The van der Waals surface area contributed by atoms with Crippen LogP contribution in [0.5, 0.6) is 0 Å². The third kappa shape index (κ3) is 3.70. The second-order valence-electron chi connectivity index (χ2n) is 5.29. The number of nitrogens with one attached hydrogen (secondary N) is 1. The second-order valence-corrected chi connectivity index (χ2v) is 6.08. The van der Waals surface area contributed by atoms with E-state index in [0.29, 0.717) is 5.56 Å². The third-order valence-corrected chi connectivity index (χ3v) is 3.43. The molecule has 0 spiro atoms. The lowest BCUT2D eigenvalue weighted by molar-refractivity contribution is 0.0912. The van der Waals surface area contributed by atoms with Gasteiger partial charge in [-0.2, -0.15) is 5.10 Å². The van der Waals surface area contributed by atoms with Crippen molar-refractivity contribution in [3.63, 3.8) is 0 Å². The average molecular weight is 336 g/mol. The summed E-state index contributed by atoms with van der Waals surface area (Å²) in [6.45, 7) is 4.02. The Labute approximate surface area is 127 Å². The number of rotatable bonds is 5. The van der Waals surface area contributed by atoms with Crippen LogP contribution in [0, 0.1) is 0 Å². The van der Waals surface area contributed by atoms with Crippen LogP contribution < -0.4 is 5.32 Å². The molecule has 20 heavy (non-hydrogen) atoms. The highest BCUT2D eigenvalue weighted by Crippen LogP contribution is 2.13. The maximum absolute atomic E-state index is 12.2. The van der Waals surface area contributed by atoms with E-state index in [-0.39, 0.29) is 11.4 Å². The fourth-order valence-electron chi connectivity index (χ4n) is 1.84. The number of para-hydroxylation sites is 1. The number of hydrogen-bond donors (Lipinski definition) is 1. The number of amides is 1. The number of alkyl halides is 1. The van der Waals surface area contributed by atoms with Gasteiger partial charge >= 0.3 is 0 Å². The minimum Gasteiger partial charge on any atom is -0.347 e. The molecular formula is C15H18BrN3O. The molecule has 0 radical (unpaired) electrons. The van der Waals surface area contributed by atoms with Crippen molar-refractivity contribution in [1.29, 1.82) is 0 Å². The monoisotopic (exact) mass is 335 g/mol. The van der Waals surface area contributed by atoms with Crippen LogP contribution in [0.1, 0.15) is 30.6 Å². The van der Waals surface area contributed by atoms with E-state index in [9.17, 15) is 4.79 Å². The Kier molecular flexibility index (Phi) is 4.60. The first-order valence-corrected chi connectivity index (χ1v) is 7.62. The molecule has 1 aromatic carbocycles. The summed E-state index contributed by atoms with van der Waals surface area (Å²) in [5, 5.41) is 8.10. The minimum atomic E-state index is -0.241. The molecule has 0 aliphatic carbocycles. The summed E-state index contributed by atoms with van der Waals surface area (Å²) in [5.74, 6) is -0.0990. The van der Waals surface area contributed by atoms with Gasteiger partial charge in [-0.15, -0.1) is 0 Å². The fourth-order valence-corrected chi connectivity index (χ4v) is 2.83. The summed E-state index contributed by atoms with van der Waals surface area (Å²) in [4.78, 5) is 12.2. The molecule has 1 amide bonds. The molecule has 0 aliphatic rings. The summed E-state index contributed by atoms with van der Waals surface area (Å²) in [6.07, 6.45) is 4.20. The van der Waals surface area contributed by atoms with Crippen molar-refractivity contribution in [2.75, 3.05) is 5.33 Å². The van der Waals surface area contributed by atoms with Gasteiger partial charge in [0.25, 0.3) is 5.91 Å². The van der Waals surface area contributed by atoms with Crippen LogP contribution >= 0.6 is 15.9 Å². The minimum absolute atomic E-state index is 0.0990. The average Bonchev–Trinajstić information content (AvgIpc) is 2.88. The molecule has 1 heterocycles. The number of nitrogens with zero attached hydrogens (tertiary/aromatic N) is 2. The van der Waals surface area contributed by atoms with Gasteiger partial charge in [-0.3, -0.25) is 4.79 Å². The predicted octanol–water partition coefficient (Wildman–Crippen LogP) is 3.17. The Hall–Kier alpha value is -1.62. The smallest absolute Gasteiger partial charge is 0.254 e. The van der Waals surface area contributed by atoms with Crippen molar-refractivity contribution in [3.8, 4) is 5.69 Å². The molecule has 0 unspecified atom stereocenters. The number of hydrogen-bond acceptors (Lipinski definition) is 2. The molecule has 1 N–H and O–H groups in total. The van der Waals surface area contributed by atoms with Gasteiger partial charge in [-0.05, 0) is 32.4 Å². The molecule has 0 bridgehead atoms. The molecule has 4 nitrogen and oxygen atoms in total. The standard InChI is InChI=1S/C15H18BrN3O/c1-15(2,8-9-16)18-14(20)12-10-17-19(11-12)13-6-4-3-5-7-13/h3-7,10-11H,8-9H2,1-2H3,(H,18,20). The van der Waals surface area contributed by atoms with Crippen molar-refractivity contribution < 1.29 is 4.79 Å². The van der Waals surface area contributed by atoms with E-state index in [1.807, 2.05) is 44.2 Å². The van der Waals surface area contributed by atoms with Crippen molar-refractivity contribution in [2.24, 2.45) is 0 Å². The van der Waals surface area contributed by atoms with E-state index in [1.165, 1.54) is 0 Å². The maximum Gasteiger partial charge on any atom is 0.254 e. The highest BCUT2D eigenvalue weighted by atomic mass is 79.9. The number of benzene rings is 1. The first kappa shape index (κ1) is 14.8. The highest BCUT2D eigenvalue weighted by molar-refractivity contribution is 9.09. The third-order valence-electron chi connectivity index (χ3n) is 3.04. The van der Waals surface area contributed by atoms with Crippen LogP contribution in [0.25, 0.3) is 5.69 Å².